The van der Waals surface area contributed by atoms with E-state index in [2.05, 4.69) is 191 Å². The number of hydrogen-bond acceptors (Lipinski definition) is 1. The molecule has 0 N–H and O–H groups in total. The van der Waals surface area contributed by atoms with Gasteiger partial charge in [-0.3, -0.25) is 4.99 Å². The van der Waals surface area contributed by atoms with E-state index in [9.17, 15) is 0 Å². The van der Waals surface area contributed by atoms with Crippen molar-refractivity contribution in [2.75, 3.05) is 0 Å². The van der Waals surface area contributed by atoms with Gasteiger partial charge in [-0.05, 0) is 86.7 Å². The third-order valence-corrected chi connectivity index (χ3v) is 9.98. The summed E-state index contributed by atoms with van der Waals surface area (Å²) in [4.78, 5) is 5.41. The lowest BCUT2D eigenvalue weighted by Crippen LogP contribution is -2.08. The summed E-state index contributed by atoms with van der Waals surface area (Å²) in [6.07, 6.45) is 0.794. The van der Waals surface area contributed by atoms with Crippen molar-refractivity contribution in [2.24, 2.45) is 10.9 Å². The highest BCUT2D eigenvalue weighted by Gasteiger charge is 2.23. The molecule has 7 rings (SSSR count). The van der Waals surface area contributed by atoms with E-state index < -0.39 is 0 Å². The van der Waals surface area contributed by atoms with Crippen molar-refractivity contribution in [3.05, 3.63) is 221 Å². The van der Waals surface area contributed by atoms with Gasteiger partial charge in [-0.15, -0.1) is 0 Å². The quantitative estimate of drug-likeness (QED) is 0.103. The molecule has 0 spiro atoms. The van der Waals surface area contributed by atoms with Crippen LogP contribution in [-0.2, 0) is 6.42 Å². The van der Waals surface area contributed by atoms with Crippen LogP contribution in [0.4, 0.5) is 0 Å². The van der Waals surface area contributed by atoms with Crippen molar-refractivity contribution in [2.45, 2.75) is 27.2 Å². The number of benzene rings is 7. The van der Waals surface area contributed by atoms with E-state index in [1.54, 1.807) is 0 Å². The van der Waals surface area contributed by atoms with Gasteiger partial charge in [-0.1, -0.05) is 189 Å². The minimum atomic E-state index is -0.0355. The van der Waals surface area contributed by atoms with Crippen molar-refractivity contribution < 1.29 is 0 Å². The highest BCUT2D eigenvalue weighted by atomic mass is 14.8. The summed E-state index contributed by atoms with van der Waals surface area (Å²) in [6.45, 7) is 11.4. The Kier molecular flexibility index (Phi) is 9.99. The molecule has 0 amide bonds. The van der Waals surface area contributed by atoms with E-state index in [0.29, 0.717) is 0 Å². The van der Waals surface area contributed by atoms with Gasteiger partial charge in [0, 0.05) is 17.2 Å². The van der Waals surface area contributed by atoms with Crippen LogP contribution in [0, 0.1) is 12.8 Å². The number of hydrogen-bond donors (Lipinski definition) is 0. The summed E-state index contributed by atoms with van der Waals surface area (Å²) in [5.74, 6) is -0.0355. The van der Waals surface area contributed by atoms with Gasteiger partial charge in [-0.25, -0.2) is 0 Å². The second kappa shape index (κ2) is 15.2. The van der Waals surface area contributed by atoms with Gasteiger partial charge in [0.15, 0.2) is 0 Å². The van der Waals surface area contributed by atoms with Crippen LogP contribution in [0.1, 0.15) is 52.8 Å². The van der Waals surface area contributed by atoms with Crippen LogP contribution in [-0.4, -0.2) is 5.71 Å². The number of aliphatic imine (C=N–C) groups is 1. The lowest BCUT2D eigenvalue weighted by molar-refractivity contribution is 0.983. The van der Waals surface area contributed by atoms with Gasteiger partial charge in [0.1, 0.15) is 0 Å². The molecule has 0 radical (unpaired) electrons. The zero-order valence-corrected chi connectivity index (χ0v) is 29.7. The van der Waals surface area contributed by atoms with E-state index in [1.807, 2.05) is 6.07 Å². The van der Waals surface area contributed by atoms with Crippen molar-refractivity contribution in [3.63, 3.8) is 0 Å². The van der Waals surface area contributed by atoms with Gasteiger partial charge >= 0.3 is 0 Å². The minimum Gasteiger partial charge on any atom is -0.252 e. The molecule has 1 heteroatoms. The van der Waals surface area contributed by atoms with Crippen molar-refractivity contribution in [1.82, 2.24) is 0 Å². The third-order valence-electron chi connectivity index (χ3n) is 9.98. The fourth-order valence-electron chi connectivity index (χ4n) is 7.25. The molecule has 0 aromatic heterocycles. The predicted octanol–water partition coefficient (Wildman–Crippen LogP) is 13.1. The van der Waals surface area contributed by atoms with Gasteiger partial charge in [0.25, 0.3) is 0 Å². The van der Waals surface area contributed by atoms with E-state index in [-0.39, 0.29) is 5.92 Å². The van der Waals surface area contributed by atoms with E-state index in [1.165, 1.54) is 44.2 Å². The van der Waals surface area contributed by atoms with E-state index in [0.717, 1.165) is 45.7 Å². The van der Waals surface area contributed by atoms with Gasteiger partial charge in [-0.2, -0.15) is 0 Å². The van der Waals surface area contributed by atoms with Crippen LogP contribution in [0.3, 0.4) is 0 Å². The average Bonchev–Trinajstić information content (AvgIpc) is 3.19. The maximum absolute atomic E-state index is 5.41. The molecule has 7 aromatic rings. The summed E-state index contributed by atoms with van der Waals surface area (Å²) >= 11 is 0. The topological polar surface area (TPSA) is 12.4 Å². The Morgan fingerprint density at radius 1 is 0.569 bits per heavy atom. The van der Waals surface area contributed by atoms with Crippen molar-refractivity contribution in [1.29, 1.82) is 0 Å². The Balaban J connectivity index is 1.35. The van der Waals surface area contributed by atoms with Crippen LogP contribution >= 0.6 is 0 Å². The smallest absolute Gasteiger partial charge is 0.0749 e. The third kappa shape index (κ3) is 7.16. The summed E-state index contributed by atoms with van der Waals surface area (Å²) in [6, 6.07) is 62.6. The molecule has 7 aromatic carbocycles. The van der Waals surface area contributed by atoms with Crippen LogP contribution in [0.5, 0.6) is 0 Å². The highest BCUT2D eigenvalue weighted by molar-refractivity contribution is 6.06. The molecule has 0 saturated heterocycles. The first kappa shape index (κ1) is 33.4. The summed E-state index contributed by atoms with van der Waals surface area (Å²) in [5, 5.41) is 2.55. The van der Waals surface area contributed by atoms with Gasteiger partial charge < -0.3 is 0 Å². The fourth-order valence-corrected chi connectivity index (χ4v) is 7.25. The van der Waals surface area contributed by atoms with Crippen molar-refractivity contribution in [3.8, 4) is 11.1 Å². The first-order valence-electron chi connectivity index (χ1n) is 17.8. The number of allylic oxidation sites excluding steroid dienone is 2. The molecule has 0 aliphatic carbocycles. The maximum Gasteiger partial charge on any atom is 0.0749 e. The molecular weight excluding hydrogens is 615 g/mol. The molecule has 0 fully saturated rings. The Bertz CT molecular complexity index is 2360. The molecule has 1 nitrogen and oxygen atoms in total. The molecular formula is C50H43N. The maximum atomic E-state index is 5.41. The molecule has 0 saturated carbocycles. The summed E-state index contributed by atoms with van der Waals surface area (Å²) in [5.41, 5.74) is 15.1. The zero-order chi connectivity index (χ0) is 35.2. The Morgan fingerprint density at radius 3 is 1.82 bits per heavy atom. The second-order valence-electron chi connectivity index (χ2n) is 13.3. The highest BCUT2D eigenvalue weighted by Crippen LogP contribution is 2.41. The number of aryl methyl sites for hydroxylation is 1. The standard InChI is InChI=1S/C50H43N/c1-35-32-33-40-22-14-18-30-46(40)48(35)47-31-19-16-28-44(47)34-43-27-15-17-29-45(43)36(2)37(3)49(41-23-10-6-11-24-41)50(42-25-12-7-13-26-42)51-38(4)39-20-8-5-9-21-39/h5-33,37H,2,34H2,1,3-4H3/b50-49+,51-38+/t37-/m1/s1. The molecule has 248 valence electrons. The first-order valence-corrected chi connectivity index (χ1v) is 17.8. The monoisotopic (exact) mass is 657 g/mol. The van der Waals surface area contributed by atoms with Crippen LogP contribution in [0.15, 0.2) is 187 Å². The molecule has 51 heavy (non-hydrogen) atoms. The first-order chi connectivity index (χ1) is 25.0. The molecule has 1 atom stereocenters. The van der Waals surface area contributed by atoms with Crippen LogP contribution in [0.2, 0.25) is 0 Å². The summed E-state index contributed by atoms with van der Waals surface area (Å²) < 4.78 is 0. The Hall–Kier alpha value is -6.05. The SMILES string of the molecule is C=C(c1ccccc1Cc1ccccc1-c1c(C)ccc2ccccc12)[C@@H](C)/C(=C(\N=C(/C)c1ccccc1)c1ccccc1)c1ccccc1. The Labute approximate surface area is 303 Å². The number of rotatable bonds is 10. The lowest BCUT2D eigenvalue weighted by atomic mass is 9.80. The number of nitrogens with zero attached hydrogens (tertiary/aromatic N) is 1. The predicted molar refractivity (Wildman–Crippen MR) is 220 cm³/mol. The average molecular weight is 658 g/mol. The summed E-state index contributed by atoms with van der Waals surface area (Å²) in [7, 11) is 0. The minimum absolute atomic E-state index is 0.0355. The van der Waals surface area contributed by atoms with Crippen LogP contribution in [0.25, 0.3) is 38.7 Å². The molecule has 0 heterocycles. The van der Waals surface area contributed by atoms with Crippen LogP contribution < -0.4 is 0 Å². The molecule has 0 aliphatic heterocycles. The van der Waals surface area contributed by atoms with Gasteiger partial charge in [0.05, 0.1) is 5.70 Å². The Morgan fingerprint density at radius 2 is 1.12 bits per heavy atom. The zero-order valence-electron chi connectivity index (χ0n) is 29.7. The molecule has 0 aliphatic rings. The van der Waals surface area contributed by atoms with Gasteiger partial charge in [0.2, 0.25) is 0 Å². The van der Waals surface area contributed by atoms with Crippen molar-refractivity contribution >= 4 is 33.3 Å². The second-order valence-corrected chi connectivity index (χ2v) is 13.3. The van der Waals surface area contributed by atoms with E-state index in [4.69, 9.17) is 11.6 Å². The fraction of sp³-hybridized carbons (Fsp3) is 0.100. The largest absolute Gasteiger partial charge is 0.252 e. The number of fused-ring (bicyclic) bond motifs is 1. The normalized spacial score (nSPS) is 12.7. The van der Waals surface area contributed by atoms with E-state index >= 15 is 0 Å². The molecule has 0 bridgehead atoms. The molecule has 0 unspecified atom stereocenters. The lowest BCUT2D eigenvalue weighted by Gasteiger charge is -2.24.